The Morgan fingerprint density at radius 1 is 1.27 bits per heavy atom. The first-order chi connectivity index (χ1) is 6.86. The van der Waals surface area contributed by atoms with E-state index in [1.807, 2.05) is 18.2 Å². The molecule has 15 heavy (non-hydrogen) atoms. The number of methoxy groups -OCH3 is 1. The van der Waals surface area contributed by atoms with Gasteiger partial charge in [-0.3, -0.25) is 0 Å². The first-order valence-electron chi connectivity index (χ1n) is 5.27. The number of hydrogen-bond acceptors (Lipinski definition) is 2. The average Bonchev–Trinajstić information content (AvgIpc) is 2.15. The molecule has 0 heterocycles. The molecule has 0 saturated heterocycles. The van der Waals surface area contributed by atoms with E-state index in [0.29, 0.717) is 5.92 Å². The van der Waals surface area contributed by atoms with E-state index in [1.165, 1.54) is 5.56 Å². The maximum Gasteiger partial charge on any atom is 0.122 e. The average molecular weight is 208 g/mol. The predicted molar refractivity (Wildman–Crippen MR) is 62.3 cm³/mol. The Bertz CT molecular complexity index is 335. The number of ether oxygens (including phenoxy) is 1. The molecule has 0 bridgehead atoms. The molecule has 0 aliphatic rings. The van der Waals surface area contributed by atoms with Gasteiger partial charge in [0, 0.05) is 0 Å². The third kappa shape index (κ3) is 2.72. The summed E-state index contributed by atoms with van der Waals surface area (Å²) in [6.07, 6.45) is 0. The third-order valence-electron chi connectivity index (χ3n) is 2.56. The van der Waals surface area contributed by atoms with E-state index >= 15 is 0 Å². The lowest BCUT2D eigenvalue weighted by Crippen LogP contribution is -2.15. The minimum Gasteiger partial charge on any atom is -0.496 e. The minimum absolute atomic E-state index is 0.427. The van der Waals surface area contributed by atoms with E-state index < -0.39 is 5.60 Å². The molecule has 1 aromatic carbocycles. The van der Waals surface area contributed by atoms with E-state index in [4.69, 9.17) is 4.74 Å². The third-order valence-corrected chi connectivity index (χ3v) is 2.56. The van der Waals surface area contributed by atoms with Crippen LogP contribution in [0.3, 0.4) is 0 Å². The Kier molecular flexibility index (Phi) is 3.40. The molecule has 84 valence electrons. The van der Waals surface area contributed by atoms with E-state index in [0.717, 1.165) is 11.3 Å². The first kappa shape index (κ1) is 12.1. The highest BCUT2D eigenvalue weighted by atomic mass is 16.5. The zero-order chi connectivity index (χ0) is 11.6. The van der Waals surface area contributed by atoms with E-state index in [9.17, 15) is 5.11 Å². The van der Waals surface area contributed by atoms with Crippen LogP contribution in [0.4, 0.5) is 0 Å². The molecule has 2 heteroatoms. The molecule has 1 aromatic rings. The van der Waals surface area contributed by atoms with Crippen LogP contribution in [0.2, 0.25) is 0 Å². The van der Waals surface area contributed by atoms with Gasteiger partial charge in [0.15, 0.2) is 0 Å². The molecule has 0 saturated carbocycles. The van der Waals surface area contributed by atoms with Gasteiger partial charge in [0.25, 0.3) is 0 Å². The van der Waals surface area contributed by atoms with Gasteiger partial charge in [0.05, 0.1) is 12.7 Å². The fourth-order valence-electron chi connectivity index (χ4n) is 1.57. The Morgan fingerprint density at radius 2 is 1.87 bits per heavy atom. The predicted octanol–water partition coefficient (Wildman–Crippen LogP) is 3.05. The molecule has 0 aromatic heterocycles. The largest absolute Gasteiger partial charge is 0.496 e. The van der Waals surface area contributed by atoms with Crippen LogP contribution in [0.1, 0.15) is 44.7 Å². The second-order valence-electron chi connectivity index (χ2n) is 4.67. The Balaban J connectivity index is 3.19. The summed E-state index contributed by atoms with van der Waals surface area (Å²) in [4.78, 5) is 0. The Morgan fingerprint density at radius 3 is 2.27 bits per heavy atom. The SMILES string of the molecule is COc1cc(C(C)(C)O)ccc1C(C)C. The fourth-order valence-corrected chi connectivity index (χ4v) is 1.57. The van der Waals surface area contributed by atoms with E-state index in [2.05, 4.69) is 13.8 Å². The highest BCUT2D eigenvalue weighted by Crippen LogP contribution is 2.31. The molecule has 0 aliphatic carbocycles. The normalized spacial score (nSPS) is 11.9. The monoisotopic (exact) mass is 208 g/mol. The van der Waals surface area contributed by atoms with Gasteiger partial charge in [-0.1, -0.05) is 26.0 Å². The maximum atomic E-state index is 9.88. The van der Waals surface area contributed by atoms with Crippen molar-refractivity contribution in [1.82, 2.24) is 0 Å². The summed E-state index contributed by atoms with van der Waals surface area (Å²) in [5.74, 6) is 1.28. The Hall–Kier alpha value is -1.02. The molecule has 1 N–H and O–H groups in total. The molecular formula is C13H20O2. The molecule has 0 atom stereocenters. The summed E-state index contributed by atoms with van der Waals surface area (Å²) in [5, 5.41) is 9.88. The highest BCUT2D eigenvalue weighted by molar-refractivity contribution is 5.41. The van der Waals surface area contributed by atoms with Gasteiger partial charge in [-0.2, -0.15) is 0 Å². The summed E-state index contributed by atoms with van der Waals surface area (Å²) >= 11 is 0. The standard InChI is InChI=1S/C13H20O2/c1-9(2)11-7-6-10(13(3,4)14)8-12(11)15-5/h6-9,14H,1-5H3. The summed E-state index contributed by atoms with van der Waals surface area (Å²) in [6, 6.07) is 5.89. The van der Waals surface area contributed by atoms with Crippen molar-refractivity contribution < 1.29 is 9.84 Å². The van der Waals surface area contributed by atoms with Crippen molar-refractivity contribution in [3.8, 4) is 5.75 Å². The van der Waals surface area contributed by atoms with Crippen molar-refractivity contribution >= 4 is 0 Å². The smallest absolute Gasteiger partial charge is 0.122 e. The number of aliphatic hydroxyl groups is 1. The number of hydrogen-bond donors (Lipinski definition) is 1. The molecule has 0 fully saturated rings. The summed E-state index contributed by atoms with van der Waals surface area (Å²) < 4.78 is 5.33. The molecular weight excluding hydrogens is 188 g/mol. The van der Waals surface area contributed by atoms with Crippen LogP contribution in [0.5, 0.6) is 5.75 Å². The van der Waals surface area contributed by atoms with Crippen LogP contribution in [-0.4, -0.2) is 12.2 Å². The van der Waals surface area contributed by atoms with Crippen molar-refractivity contribution in [2.24, 2.45) is 0 Å². The van der Waals surface area contributed by atoms with Crippen molar-refractivity contribution in [2.45, 2.75) is 39.2 Å². The highest BCUT2D eigenvalue weighted by Gasteiger charge is 2.18. The van der Waals surface area contributed by atoms with Crippen LogP contribution in [-0.2, 0) is 5.60 Å². The minimum atomic E-state index is -0.817. The van der Waals surface area contributed by atoms with Crippen molar-refractivity contribution in [1.29, 1.82) is 0 Å². The van der Waals surface area contributed by atoms with Gasteiger partial charge in [0.1, 0.15) is 5.75 Å². The summed E-state index contributed by atoms with van der Waals surface area (Å²) in [6.45, 7) is 7.80. The fraction of sp³-hybridized carbons (Fsp3) is 0.538. The van der Waals surface area contributed by atoms with Crippen LogP contribution >= 0.6 is 0 Å². The van der Waals surface area contributed by atoms with Gasteiger partial charge in [-0.05, 0) is 37.0 Å². The lowest BCUT2D eigenvalue weighted by Gasteiger charge is -2.20. The molecule has 0 unspecified atom stereocenters. The van der Waals surface area contributed by atoms with Gasteiger partial charge < -0.3 is 9.84 Å². The van der Waals surface area contributed by atoms with Crippen molar-refractivity contribution in [3.63, 3.8) is 0 Å². The topological polar surface area (TPSA) is 29.5 Å². The second-order valence-corrected chi connectivity index (χ2v) is 4.67. The van der Waals surface area contributed by atoms with Gasteiger partial charge in [0.2, 0.25) is 0 Å². The van der Waals surface area contributed by atoms with Crippen LogP contribution in [0.25, 0.3) is 0 Å². The van der Waals surface area contributed by atoms with Crippen LogP contribution in [0.15, 0.2) is 18.2 Å². The second kappa shape index (κ2) is 4.23. The van der Waals surface area contributed by atoms with Crippen LogP contribution < -0.4 is 4.74 Å². The van der Waals surface area contributed by atoms with Crippen molar-refractivity contribution in [2.75, 3.05) is 7.11 Å². The zero-order valence-electron chi connectivity index (χ0n) is 10.2. The molecule has 0 aliphatic heterocycles. The van der Waals surface area contributed by atoms with E-state index in [-0.39, 0.29) is 0 Å². The Labute approximate surface area is 91.9 Å². The number of rotatable bonds is 3. The lowest BCUT2D eigenvalue weighted by atomic mass is 9.93. The number of benzene rings is 1. The maximum absolute atomic E-state index is 9.88. The molecule has 0 amide bonds. The van der Waals surface area contributed by atoms with E-state index in [1.54, 1.807) is 21.0 Å². The molecule has 1 rings (SSSR count). The zero-order valence-corrected chi connectivity index (χ0v) is 10.2. The van der Waals surface area contributed by atoms with Gasteiger partial charge >= 0.3 is 0 Å². The summed E-state index contributed by atoms with van der Waals surface area (Å²) in [7, 11) is 1.66. The summed E-state index contributed by atoms with van der Waals surface area (Å²) in [5.41, 5.74) is 1.23. The molecule has 0 spiro atoms. The van der Waals surface area contributed by atoms with Crippen molar-refractivity contribution in [3.05, 3.63) is 29.3 Å². The van der Waals surface area contributed by atoms with Crippen LogP contribution in [0, 0.1) is 0 Å². The van der Waals surface area contributed by atoms with Gasteiger partial charge in [-0.15, -0.1) is 0 Å². The first-order valence-corrected chi connectivity index (χ1v) is 5.27. The van der Waals surface area contributed by atoms with Gasteiger partial charge in [-0.25, -0.2) is 0 Å². The lowest BCUT2D eigenvalue weighted by molar-refractivity contribution is 0.0783. The molecule has 0 radical (unpaired) electrons. The quantitative estimate of drug-likeness (QED) is 0.827. The molecule has 2 nitrogen and oxygen atoms in total.